The maximum atomic E-state index is 14.3. The fourth-order valence-corrected chi connectivity index (χ4v) is 2.48. The first kappa shape index (κ1) is 18.0. The Balaban J connectivity index is 1.91. The SMILES string of the molecule is CCOc1ccc(C(F)(F)Oc2ccc3cc(F)c(F)cc3c2)c(F)c1. The number of alkyl halides is 2. The van der Waals surface area contributed by atoms with Crippen LogP contribution in [-0.4, -0.2) is 6.61 Å². The standard InChI is InChI=1S/C19H13F5O2/c1-2-25-13-5-6-15(16(20)10-13)19(23,24)26-14-4-3-11-8-17(21)18(22)9-12(11)7-14/h3-10H,2H2,1H3. The highest BCUT2D eigenvalue weighted by Crippen LogP contribution is 2.35. The number of benzene rings is 3. The third-order valence-electron chi connectivity index (χ3n) is 3.66. The zero-order valence-electron chi connectivity index (χ0n) is 13.5. The minimum atomic E-state index is -3.97. The first-order chi connectivity index (χ1) is 12.3. The summed E-state index contributed by atoms with van der Waals surface area (Å²) in [6.45, 7) is 1.94. The molecule has 3 rings (SSSR count). The summed E-state index contributed by atoms with van der Waals surface area (Å²) < 4.78 is 78.8. The fraction of sp³-hybridized carbons (Fsp3) is 0.158. The monoisotopic (exact) mass is 368 g/mol. The van der Waals surface area contributed by atoms with Crippen molar-refractivity contribution in [1.82, 2.24) is 0 Å². The van der Waals surface area contributed by atoms with Gasteiger partial charge >= 0.3 is 6.11 Å². The molecule has 0 bridgehead atoms. The van der Waals surface area contributed by atoms with Crippen molar-refractivity contribution in [2.45, 2.75) is 13.0 Å². The van der Waals surface area contributed by atoms with Crippen LogP contribution in [-0.2, 0) is 6.11 Å². The third kappa shape index (κ3) is 3.56. The second-order valence-corrected chi connectivity index (χ2v) is 5.47. The van der Waals surface area contributed by atoms with Gasteiger partial charge in [-0.05, 0) is 54.1 Å². The van der Waals surface area contributed by atoms with Crippen LogP contribution in [0.5, 0.6) is 11.5 Å². The van der Waals surface area contributed by atoms with Gasteiger partial charge in [0.05, 0.1) is 6.61 Å². The number of rotatable bonds is 5. The Hall–Kier alpha value is -2.83. The van der Waals surface area contributed by atoms with Gasteiger partial charge < -0.3 is 9.47 Å². The summed E-state index contributed by atoms with van der Waals surface area (Å²) in [5, 5.41) is 0.483. The minimum Gasteiger partial charge on any atom is -0.494 e. The second kappa shape index (κ2) is 6.82. The maximum absolute atomic E-state index is 14.3. The molecule has 0 saturated carbocycles. The minimum absolute atomic E-state index is 0.118. The molecule has 26 heavy (non-hydrogen) atoms. The largest absolute Gasteiger partial charge is 0.494 e. The van der Waals surface area contributed by atoms with Gasteiger partial charge in [0.25, 0.3) is 0 Å². The highest BCUT2D eigenvalue weighted by atomic mass is 19.3. The Morgan fingerprint density at radius 2 is 1.42 bits per heavy atom. The quantitative estimate of drug-likeness (QED) is 0.531. The van der Waals surface area contributed by atoms with Gasteiger partial charge in [0.2, 0.25) is 0 Å². The van der Waals surface area contributed by atoms with Crippen LogP contribution in [0.15, 0.2) is 48.5 Å². The molecular weight excluding hydrogens is 355 g/mol. The van der Waals surface area contributed by atoms with Crippen molar-refractivity contribution in [3.8, 4) is 11.5 Å². The number of halogens is 5. The van der Waals surface area contributed by atoms with Gasteiger partial charge in [-0.1, -0.05) is 6.07 Å². The van der Waals surface area contributed by atoms with Crippen LogP contribution in [0.4, 0.5) is 22.0 Å². The molecule has 0 atom stereocenters. The number of ether oxygens (including phenoxy) is 2. The summed E-state index contributed by atoms with van der Waals surface area (Å²) in [6.07, 6.45) is -3.97. The molecule has 3 aromatic rings. The predicted molar refractivity (Wildman–Crippen MR) is 86.0 cm³/mol. The fourth-order valence-electron chi connectivity index (χ4n) is 2.48. The molecule has 0 saturated heterocycles. The second-order valence-electron chi connectivity index (χ2n) is 5.47. The van der Waals surface area contributed by atoms with Crippen LogP contribution in [0.3, 0.4) is 0 Å². The van der Waals surface area contributed by atoms with Crippen molar-refractivity contribution in [1.29, 1.82) is 0 Å². The van der Waals surface area contributed by atoms with Gasteiger partial charge in [0.1, 0.15) is 22.9 Å². The summed E-state index contributed by atoms with van der Waals surface area (Å²) in [4.78, 5) is 0. The van der Waals surface area contributed by atoms with Gasteiger partial charge in [-0.15, -0.1) is 0 Å². The van der Waals surface area contributed by atoms with E-state index in [-0.39, 0.29) is 23.5 Å². The van der Waals surface area contributed by atoms with E-state index in [1.165, 1.54) is 18.2 Å². The number of fused-ring (bicyclic) bond motifs is 1. The van der Waals surface area contributed by atoms with E-state index in [1.807, 2.05) is 0 Å². The lowest BCUT2D eigenvalue weighted by molar-refractivity contribution is -0.187. The van der Waals surface area contributed by atoms with Crippen molar-refractivity contribution < 1.29 is 31.4 Å². The van der Waals surface area contributed by atoms with Crippen molar-refractivity contribution in [2.24, 2.45) is 0 Å². The molecule has 0 aliphatic rings. The van der Waals surface area contributed by atoms with E-state index >= 15 is 0 Å². The molecule has 136 valence electrons. The van der Waals surface area contributed by atoms with E-state index < -0.39 is 29.1 Å². The third-order valence-corrected chi connectivity index (χ3v) is 3.66. The molecule has 0 aromatic heterocycles. The van der Waals surface area contributed by atoms with E-state index in [4.69, 9.17) is 4.74 Å². The number of hydrogen-bond acceptors (Lipinski definition) is 2. The van der Waals surface area contributed by atoms with Crippen LogP contribution in [0.2, 0.25) is 0 Å². The van der Waals surface area contributed by atoms with Gasteiger partial charge in [-0.2, -0.15) is 8.78 Å². The Kier molecular flexibility index (Phi) is 4.71. The van der Waals surface area contributed by atoms with E-state index in [0.29, 0.717) is 5.39 Å². The highest BCUT2D eigenvalue weighted by molar-refractivity contribution is 5.84. The molecule has 0 spiro atoms. The Morgan fingerprint density at radius 1 is 0.769 bits per heavy atom. The molecule has 0 aliphatic heterocycles. The molecule has 0 heterocycles. The van der Waals surface area contributed by atoms with E-state index in [0.717, 1.165) is 30.3 Å². The molecule has 0 amide bonds. The zero-order valence-corrected chi connectivity index (χ0v) is 13.5. The van der Waals surface area contributed by atoms with Gasteiger partial charge in [-0.25, -0.2) is 13.2 Å². The first-order valence-electron chi connectivity index (χ1n) is 7.68. The lowest BCUT2D eigenvalue weighted by atomic mass is 10.1. The van der Waals surface area contributed by atoms with Gasteiger partial charge in [0.15, 0.2) is 11.6 Å². The summed E-state index contributed by atoms with van der Waals surface area (Å²) >= 11 is 0. The molecule has 0 N–H and O–H groups in total. The van der Waals surface area contributed by atoms with Crippen LogP contribution in [0.1, 0.15) is 12.5 Å². The molecular formula is C19H13F5O2. The Bertz CT molecular complexity index is 956. The molecule has 2 nitrogen and oxygen atoms in total. The van der Waals surface area contributed by atoms with E-state index in [9.17, 15) is 22.0 Å². The predicted octanol–water partition coefficient (Wildman–Crippen LogP) is 5.78. The smallest absolute Gasteiger partial charge is 0.429 e. The van der Waals surface area contributed by atoms with Crippen LogP contribution in [0.25, 0.3) is 10.8 Å². The summed E-state index contributed by atoms with van der Waals surface area (Å²) in [7, 11) is 0. The first-order valence-corrected chi connectivity index (χ1v) is 7.68. The van der Waals surface area contributed by atoms with E-state index in [2.05, 4.69) is 4.74 Å². The topological polar surface area (TPSA) is 18.5 Å². The lowest BCUT2D eigenvalue weighted by Gasteiger charge is -2.19. The Morgan fingerprint density at radius 3 is 2.08 bits per heavy atom. The molecule has 3 aromatic carbocycles. The van der Waals surface area contributed by atoms with Gasteiger partial charge in [-0.3, -0.25) is 0 Å². The number of hydrogen-bond donors (Lipinski definition) is 0. The summed E-state index contributed by atoms with van der Waals surface area (Å²) in [5.41, 5.74) is -0.966. The molecule has 0 radical (unpaired) electrons. The van der Waals surface area contributed by atoms with Crippen molar-refractivity contribution in [2.75, 3.05) is 6.61 Å². The molecule has 0 unspecified atom stereocenters. The Labute approximate surface area is 145 Å². The summed E-state index contributed by atoms with van der Waals surface area (Å²) in [6, 6.07) is 8.32. The summed E-state index contributed by atoms with van der Waals surface area (Å²) in [5.74, 6) is -3.55. The van der Waals surface area contributed by atoms with Crippen LogP contribution in [0, 0.1) is 17.5 Å². The van der Waals surface area contributed by atoms with E-state index in [1.54, 1.807) is 6.92 Å². The normalized spacial score (nSPS) is 11.6. The average molecular weight is 368 g/mol. The zero-order chi connectivity index (χ0) is 18.9. The van der Waals surface area contributed by atoms with Crippen LogP contribution < -0.4 is 9.47 Å². The lowest BCUT2D eigenvalue weighted by Crippen LogP contribution is -2.23. The molecule has 0 aliphatic carbocycles. The molecule has 0 fully saturated rings. The van der Waals surface area contributed by atoms with Crippen molar-refractivity contribution >= 4 is 10.8 Å². The van der Waals surface area contributed by atoms with Crippen LogP contribution >= 0.6 is 0 Å². The molecule has 7 heteroatoms. The maximum Gasteiger partial charge on any atom is 0.429 e. The highest BCUT2D eigenvalue weighted by Gasteiger charge is 2.37. The average Bonchev–Trinajstić information content (AvgIpc) is 2.56. The van der Waals surface area contributed by atoms with Gasteiger partial charge in [0, 0.05) is 6.07 Å². The van der Waals surface area contributed by atoms with Crippen molar-refractivity contribution in [3.05, 3.63) is 71.5 Å². The van der Waals surface area contributed by atoms with Crippen molar-refractivity contribution in [3.63, 3.8) is 0 Å².